The van der Waals surface area contributed by atoms with Crippen molar-refractivity contribution in [3.05, 3.63) is 41.9 Å². The number of hydrogen-bond donors (Lipinski definition) is 1. The van der Waals surface area contributed by atoms with Crippen molar-refractivity contribution in [2.45, 2.75) is 43.5 Å². The van der Waals surface area contributed by atoms with Crippen LogP contribution in [0.15, 0.2) is 40.0 Å². The Morgan fingerprint density at radius 3 is 2.79 bits per heavy atom. The van der Waals surface area contributed by atoms with Crippen molar-refractivity contribution in [1.29, 1.82) is 0 Å². The number of aryl methyl sites for hydroxylation is 1. The van der Waals surface area contributed by atoms with Crippen molar-refractivity contribution in [2.75, 3.05) is 36.5 Å². The van der Waals surface area contributed by atoms with Crippen LogP contribution >= 0.6 is 11.8 Å². The van der Waals surface area contributed by atoms with Gasteiger partial charge in [-0.2, -0.15) is 0 Å². The molecule has 176 valence electrons. The number of nitrogens with zero attached hydrogens (tertiary/aromatic N) is 5. The zero-order chi connectivity index (χ0) is 23.2. The molecule has 9 nitrogen and oxygen atoms in total. The smallest absolute Gasteiger partial charge is 0.239 e. The van der Waals surface area contributed by atoms with Crippen molar-refractivity contribution in [3.8, 4) is 5.69 Å². The molecular formula is C22H27FN6O3S. The fraction of sp³-hybridized carbons (Fsp3) is 0.455. The monoisotopic (exact) mass is 474 g/mol. The minimum absolute atomic E-state index is 0.191. The quantitative estimate of drug-likeness (QED) is 0.467. The molecule has 11 heteroatoms. The first-order chi connectivity index (χ1) is 16.0. The van der Waals surface area contributed by atoms with Crippen LogP contribution in [0.25, 0.3) is 5.69 Å². The fourth-order valence-corrected chi connectivity index (χ4v) is 4.63. The summed E-state index contributed by atoms with van der Waals surface area (Å²) in [6.45, 7) is 6.31. The highest BCUT2D eigenvalue weighted by atomic mass is 32.2. The number of carbonyl (C=O) groups is 1. The van der Waals surface area contributed by atoms with E-state index in [1.165, 1.54) is 23.9 Å². The summed E-state index contributed by atoms with van der Waals surface area (Å²) in [4.78, 5) is 15.1. The summed E-state index contributed by atoms with van der Waals surface area (Å²) in [6, 6.07) is 7.96. The van der Waals surface area contributed by atoms with E-state index >= 15 is 0 Å². The lowest BCUT2D eigenvalue weighted by Gasteiger charge is -2.28. The number of nitrogens with one attached hydrogen (secondary N) is 1. The number of amides is 1. The molecule has 1 unspecified atom stereocenters. The Hall–Kier alpha value is -2.92. The van der Waals surface area contributed by atoms with Gasteiger partial charge in [0.2, 0.25) is 11.9 Å². The summed E-state index contributed by atoms with van der Waals surface area (Å²) in [5.41, 5.74) is 0.603. The van der Waals surface area contributed by atoms with Crippen molar-refractivity contribution in [3.63, 3.8) is 0 Å². The molecule has 0 radical (unpaired) electrons. The number of benzene rings is 1. The van der Waals surface area contributed by atoms with Gasteiger partial charge in [-0.05, 0) is 31.5 Å². The molecule has 1 aliphatic rings. The Labute approximate surface area is 195 Å². The lowest BCUT2D eigenvalue weighted by Crippen LogP contribution is -2.38. The molecule has 0 bridgehead atoms. The van der Waals surface area contributed by atoms with Crippen LogP contribution in [0, 0.1) is 12.7 Å². The molecule has 2 aromatic heterocycles. The Balaban J connectivity index is 1.64. The van der Waals surface area contributed by atoms with E-state index in [1.807, 2.05) is 4.57 Å². The SMILES string of the molecule is CCCCC(Sc1nnc(N2CCOCC2)n1-c1cccc(F)c1)C(=O)Nc1cc(C)on1. The predicted octanol–water partition coefficient (Wildman–Crippen LogP) is 3.83. The normalized spacial score (nSPS) is 14.9. The Bertz CT molecular complexity index is 1080. The first-order valence-electron chi connectivity index (χ1n) is 11.0. The number of morpholine rings is 1. The van der Waals surface area contributed by atoms with E-state index in [4.69, 9.17) is 9.26 Å². The third kappa shape index (κ3) is 5.72. The number of aromatic nitrogens is 4. The zero-order valence-electron chi connectivity index (χ0n) is 18.7. The number of ether oxygens (including phenoxy) is 1. The summed E-state index contributed by atoms with van der Waals surface area (Å²) < 4.78 is 26.4. The van der Waals surface area contributed by atoms with Crippen LogP contribution in [-0.2, 0) is 9.53 Å². The summed E-state index contributed by atoms with van der Waals surface area (Å²) in [5, 5.41) is 15.6. The van der Waals surface area contributed by atoms with Gasteiger partial charge in [0.15, 0.2) is 11.0 Å². The lowest BCUT2D eigenvalue weighted by molar-refractivity contribution is -0.115. The van der Waals surface area contributed by atoms with E-state index < -0.39 is 5.25 Å². The van der Waals surface area contributed by atoms with E-state index in [2.05, 4.69) is 32.5 Å². The van der Waals surface area contributed by atoms with E-state index in [0.717, 1.165) is 12.8 Å². The number of unbranched alkanes of at least 4 members (excludes halogenated alkanes) is 1. The molecule has 1 aliphatic heterocycles. The average molecular weight is 475 g/mol. The van der Waals surface area contributed by atoms with Crippen LogP contribution in [0.5, 0.6) is 0 Å². The second-order valence-corrected chi connectivity index (χ2v) is 8.93. The molecule has 0 aliphatic carbocycles. The molecular weight excluding hydrogens is 447 g/mol. The molecule has 1 saturated heterocycles. The first kappa shape index (κ1) is 23.2. The van der Waals surface area contributed by atoms with Crippen LogP contribution in [0.1, 0.15) is 31.9 Å². The van der Waals surface area contributed by atoms with Gasteiger partial charge in [-0.25, -0.2) is 4.39 Å². The topological polar surface area (TPSA) is 98.3 Å². The lowest BCUT2D eigenvalue weighted by atomic mass is 10.2. The number of halogens is 1. The van der Waals surface area contributed by atoms with Gasteiger partial charge in [0.25, 0.3) is 0 Å². The van der Waals surface area contributed by atoms with Crippen LogP contribution in [-0.4, -0.2) is 57.4 Å². The van der Waals surface area contributed by atoms with Crippen molar-refractivity contribution in [1.82, 2.24) is 19.9 Å². The van der Waals surface area contributed by atoms with Crippen LogP contribution < -0.4 is 10.2 Å². The van der Waals surface area contributed by atoms with Gasteiger partial charge in [0, 0.05) is 19.2 Å². The minimum Gasteiger partial charge on any atom is -0.378 e. The number of anilines is 2. The van der Waals surface area contributed by atoms with Gasteiger partial charge in [0.05, 0.1) is 24.2 Å². The summed E-state index contributed by atoms with van der Waals surface area (Å²) in [5.74, 6) is 1.05. The minimum atomic E-state index is -0.434. The third-order valence-electron chi connectivity index (χ3n) is 5.22. The number of rotatable bonds is 9. The van der Waals surface area contributed by atoms with Gasteiger partial charge >= 0.3 is 0 Å². The van der Waals surface area contributed by atoms with Gasteiger partial charge < -0.3 is 19.5 Å². The highest BCUT2D eigenvalue weighted by molar-refractivity contribution is 8.00. The first-order valence-corrected chi connectivity index (χ1v) is 11.9. The van der Waals surface area contributed by atoms with Crippen LogP contribution in [0.2, 0.25) is 0 Å². The van der Waals surface area contributed by atoms with Gasteiger partial charge in [-0.15, -0.1) is 10.2 Å². The average Bonchev–Trinajstić information content (AvgIpc) is 3.43. The maximum absolute atomic E-state index is 14.1. The molecule has 1 N–H and O–H groups in total. The molecule has 1 amide bonds. The molecule has 1 fully saturated rings. The van der Waals surface area contributed by atoms with Crippen LogP contribution in [0.3, 0.4) is 0 Å². The number of hydrogen-bond acceptors (Lipinski definition) is 8. The maximum atomic E-state index is 14.1. The Morgan fingerprint density at radius 2 is 2.09 bits per heavy atom. The van der Waals surface area contributed by atoms with Gasteiger partial charge in [-0.3, -0.25) is 9.36 Å². The van der Waals surface area contributed by atoms with Crippen molar-refractivity contribution >= 4 is 29.4 Å². The summed E-state index contributed by atoms with van der Waals surface area (Å²) >= 11 is 1.31. The maximum Gasteiger partial charge on any atom is 0.239 e. The van der Waals surface area contributed by atoms with Gasteiger partial charge in [-0.1, -0.05) is 42.8 Å². The zero-order valence-corrected chi connectivity index (χ0v) is 19.5. The number of thioether (sulfide) groups is 1. The molecule has 1 atom stereocenters. The van der Waals surface area contributed by atoms with Crippen molar-refractivity contribution in [2.24, 2.45) is 0 Å². The third-order valence-corrected chi connectivity index (χ3v) is 6.43. The standard InChI is InChI=1S/C22H27FN6O3S/c1-3-4-8-18(20(30)24-19-13-15(2)32-27-19)33-22-26-25-21(28-9-11-31-12-10-28)29(22)17-7-5-6-16(23)14-17/h5-7,13-14,18H,3-4,8-12H2,1-2H3,(H,24,27,30). The van der Waals surface area contributed by atoms with E-state index in [0.29, 0.717) is 61.1 Å². The van der Waals surface area contributed by atoms with E-state index in [9.17, 15) is 9.18 Å². The summed E-state index contributed by atoms with van der Waals surface area (Å²) in [6.07, 6.45) is 2.46. The molecule has 1 aromatic carbocycles. The Kier molecular flexibility index (Phi) is 7.61. The Morgan fingerprint density at radius 1 is 1.27 bits per heavy atom. The second-order valence-electron chi connectivity index (χ2n) is 7.76. The highest BCUT2D eigenvalue weighted by Crippen LogP contribution is 2.32. The molecule has 3 aromatic rings. The summed E-state index contributed by atoms with van der Waals surface area (Å²) in [7, 11) is 0. The number of carbonyl (C=O) groups excluding carboxylic acids is 1. The fourth-order valence-electron chi connectivity index (χ4n) is 3.54. The largest absolute Gasteiger partial charge is 0.378 e. The van der Waals surface area contributed by atoms with Gasteiger partial charge in [0.1, 0.15) is 11.6 Å². The van der Waals surface area contributed by atoms with Crippen LogP contribution in [0.4, 0.5) is 16.2 Å². The van der Waals surface area contributed by atoms with E-state index in [-0.39, 0.29) is 11.7 Å². The molecule has 33 heavy (non-hydrogen) atoms. The molecule has 0 saturated carbocycles. The molecule has 0 spiro atoms. The predicted molar refractivity (Wildman–Crippen MR) is 123 cm³/mol. The van der Waals surface area contributed by atoms with Crippen molar-refractivity contribution < 1.29 is 18.4 Å². The molecule has 4 rings (SSSR count). The molecule has 3 heterocycles. The highest BCUT2D eigenvalue weighted by Gasteiger charge is 2.27. The van der Waals surface area contributed by atoms with E-state index in [1.54, 1.807) is 25.1 Å². The second kappa shape index (κ2) is 10.8.